The van der Waals surface area contributed by atoms with Gasteiger partial charge in [0.15, 0.2) is 11.4 Å². The van der Waals surface area contributed by atoms with Crippen LogP contribution in [-0.4, -0.2) is 16.0 Å². The van der Waals surface area contributed by atoms with E-state index in [1.165, 1.54) is 0 Å². The second kappa shape index (κ2) is 5.77. The molecule has 2 unspecified atom stereocenters. The van der Waals surface area contributed by atoms with Crippen molar-refractivity contribution in [1.29, 1.82) is 0 Å². The molecular weight excluding hydrogens is 410 g/mol. The van der Waals surface area contributed by atoms with Crippen LogP contribution in [0.4, 0.5) is 5.69 Å². The molecule has 0 saturated heterocycles. The number of Topliss-reactive ketones (excluding diaryl/α,β-unsaturated/α-hetero) is 1. The molecule has 3 aliphatic rings. The monoisotopic (exact) mass is 431 g/mol. The minimum Gasteiger partial charge on any atom is -0.375 e. The zero-order chi connectivity index (χ0) is 21.8. The van der Waals surface area contributed by atoms with Crippen LogP contribution in [-0.2, 0) is 16.1 Å². The van der Waals surface area contributed by atoms with E-state index in [1.807, 2.05) is 68.4 Å². The second-order valence-corrected chi connectivity index (χ2v) is 10.0. The number of allylic oxidation sites excluding steroid dienone is 1. The van der Waals surface area contributed by atoms with Crippen molar-refractivity contribution in [3.05, 3.63) is 88.1 Å². The first-order chi connectivity index (χ1) is 14.7. The third-order valence-corrected chi connectivity index (χ3v) is 7.40. The summed E-state index contributed by atoms with van der Waals surface area (Å²) in [6.07, 6.45) is 0.856. The number of fused-ring (bicyclic) bond motifs is 4. The van der Waals surface area contributed by atoms with Gasteiger partial charge in [-0.3, -0.25) is 4.79 Å². The smallest absolute Gasteiger partial charge is 0.207 e. The molecule has 156 valence electrons. The second-order valence-electron chi connectivity index (χ2n) is 9.64. The SMILES string of the molecule is CC1(C)CC(=O)C2=C(C1)N(c1ccccc1Cl)C1(O)c3cccc4cccc(c34)C21O. The maximum Gasteiger partial charge on any atom is 0.207 e. The molecule has 0 aromatic heterocycles. The average molecular weight is 432 g/mol. The van der Waals surface area contributed by atoms with Gasteiger partial charge in [0.1, 0.15) is 0 Å². The Hall–Kier alpha value is -2.66. The molecule has 5 heteroatoms. The molecule has 1 aliphatic heterocycles. The highest BCUT2D eigenvalue weighted by Gasteiger charge is 2.71. The average Bonchev–Trinajstić information content (AvgIpc) is 3.03. The maximum atomic E-state index is 13.5. The lowest BCUT2D eigenvalue weighted by atomic mass is 9.71. The van der Waals surface area contributed by atoms with Crippen LogP contribution in [0.1, 0.15) is 37.8 Å². The summed E-state index contributed by atoms with van der Waals surface area (Å²) < 4.78 is 0. The van der Waals surface area contributed by atoms with Gasteiger partial charge in [-0.25, -0.2) is 0 Å². The lowest BCUT2D eigenvalue weighted by Gasteiger charge is -2.42. The minimum atomic E-state index is -1.88. The predicted molar refractivity (Wildman–Crippen MR) is 121 cm³/mol. The molecular formula is C26H22ClNO3. The Morgan fingerprint density at radius 2 is 1.58 bits per heavy atom. The highest BCUT2D eigenvalue weighted by atomic mass is 35.5. The third-order valence-electron chi connectivity index (χ3n) is 7.08. The van der Waals surface area contributed by atoms with Crippen molar-refractivity contribution >= 4 is 33.8 Å². The Labute approximate surface area is 185 Å². The van der Waals surface area contributed by atoms with Gasteiger partial charge < -0.3 is 15.1 Å². The quantitative estimate of drug-likeness (QED) is 0.569. The van der Waals surface area contributed by atoms with Gasteiger partial charge in [-0.05, 0) is 34.7 Å². The summed E-state index contributed by atoms with van der Waals surface area (Å²) in [5.74, 6) is -0.133. The molecule has 3 aromatic carbocycles. The summed E-state index contributed by atoms with van der Waals surface area (Å²) in [5.41, 5.74) is -1.39. The molecule has 2 atom stereocenters. The van der Waals surface area contributed by atoms with Gasteiger partial charge in [-0.2, -0.15) is 0 Å². The van der Waals surface area contributed by atoms with E-state index in [0.29, 0.717) is 40.4 Å². The number of hydrogen-bond acceptors (Lipinski definition) is 4. The van der Waals surface area contributed by atoms with Gasteiger partial charge in [-0.15, -0.1) is 0 Å². The predicted octanol–water partition coefficient (Wildman–Crippen LogP) is 5.00. The lowest BCUT2D eigenvalue weighted by Crippen LogP contribution is -2.53. The Kier molecular flexibility index (Phi) is 3.55. The molecule has 1 heterocycles. The van der Waals surface area contributed by atoms with E-state index in [-0.39, 0.29) is 16.8 Å². The zero-order valence-electron chi connectivity index (χ0n) is 17.3. The minimum absolute atomic E-state index is 0.133. The van der Waals surface area contributed by atoms with Crippen LogP contribution in [0.3, 0.4) is 0 Å². The van der Waals surface area contributed by atoms with E-state index in [9.17, 15) is 15.0 Å². The molecule has 0 bridgehead atoms. The van der Waals surface area contributed by atoms with E-state index in [2.05, 4.69) is 0 Å². The van der Waals surface area contributed by atoms with Crippen molar-refractivity contribution in [2.45, 2.75) is 38.0 Å². The molecule has 0 saturated carbocycles. The molecule has 6 rings (SSSR count). The summed E-state index contributed by atoms with van der Waals surface area (Å²) in [5, 5.41) is 27.0. The zero-order valence-corrected chi connectivity index (χ0v) is 18.1. The first-order valence-electron chi connectivity index (χ1n) is 10.5. The molecule has 0 amide bonds. The van der Waals surface area contributed by atoms with Crippen molar-refractivity contribution in [1.82, 2.24) is 0 Å². The summed E-state index contributed by atoms with van der Waals surface area (Å²) in [4.78, 5) is 15.2. The Bertz CT molecular complexity index is 1340. The normalized spacial score (nSPS) is 28.3. The summed E-state index contributed by atoms with van der Waals surface area (Å²) in [7, 11) is 0. The fraction of sp³-hybridized carbons (Fsp3) is 0.269. The largest absolute Gasteiger partial charge is 0.375 e. The molecule has 2 N–H and O–H groups in total. The van der Waals surface area contributed by atoms with Crippen LogP contribution < -0.4 is 4.90 Å². The molecule has 0 radical (unpaired) electrons. The Balaban J connectivity index is 1.77. The van der Waals surface area contributed by atoms with Gasteiger partial charge in [0, 0.05) is 23.2 Å². The van der Waals surface area contributed by atoms with Crippen molar-refractivity contribution in [3.63, 3.8) is 0 Å². The molecule has 0 spiro atoms. The summed E-state index contributed by atoms with van der Waals surface area (Å²) in [6, 6.07) is 18.6. The number of carbonyl (C=O) groups excluding carboxylic acids is 1. The van der Waals surface area contributed by atoms with Crippen LogP contribution in [0.5, 0.6) is 0 Å². The van der Waals surface area contributed by atoms with Crippen molar-refractivity contribution in [2.75, 3.05) is 4.90 Å². The van der Waals surface area contributed by atoms with Crippen molar-refractivity contribution < 1.29 is 15.0 Å². The molecule has 4 nitrogen and oxygen atoms in total. The van der Waals surface area contributed by atoms with E-state index < -0.39 is 11.3 Å². The van der Waals surface area contributed by atoms with Gasteiger partial charge >= 0.3 is 0 Å². The first kappa shape index (κ1) is 19.1. The number of ketones is 1. The maximum absolute atomic E-state index is 13.5. The van der Waals surface area contributed by atoms with Crippen LogP contribution in [0.2, 0.25) is 5.02 Å². The highest BCUT2D eigenvalue weighted by molar-refractivity contribution is 6.33. The van der Waals surface area contributed by atoms with Crippen molar-refractivity contribution in [3.8, 4) is 0 Å². The highest BCUT2D eigenvalue weighted by Crippen LogP contribution is 2.66. The third kappa shape index (κ3) is 2.10. The first-order valence-corrected chi connectivity index (χ1v) is 10.9. The standard InChI is InChI=1S/C26H22ClNO3/c1-24(2)13-20-23(21(29)14-24)25(30)16-9-5-7-15-8-6-10-17(22(15)16)26(25,31)28(20)19-12-4-3-11-18(19)27/h3-12,30-31H,13-14H2,1-2H3. The number of carbonyl (C=O) groups is 1. The fourth-order valence-electron chi connectivity index (χ4n) is 5.94. The number of halogens is 1. The lowest BCUT2D eigenvalue weighted by molar-refractivity contribution is -0.135. The van der Waals surface area contributed by atoms with Crippen LogP contribution in [0.15, 0.2) is 71.9 Å². The van der Waals surface area contributed by atoms with E-state index in [1.54, 1.807) is 11.0 Å². The van der Waals surface area contributed by atoms with Crippen molar-refractivity contribution in [2.24, 2.45) is 5.41 Å². The number of rotatable bonds is 1. The van der Waals surface area contributed by atoms with Gasteiger partial charge in [0.05, 0.1) is 16.3 Å². The van der Waals surface area contributed by atoms with E-state index in [4.69, 9.17) is 11.6 Å². The Morgan fingerprint density at radius 3 is 2.29 bits per heavy atom. The van der Waals surface area contributed by atoms with Gasteiger partial charge in [0.25, 0.3) is 0 Å². The van der Waals surface area contributed by atoms with E-state index in [0.717, 1.165) is 10.8 Å². The number of nitrogens with zero attached hydrogens (tertiary/aromatic N) is 1. The molecule has 0 fully saturated rings. The topological polar surface area (TPSA) is 60.8 Å². The van der Waals surface area contributed by atoms with Crippen LogP contribution >= 0.6 is 11.6 Å². The number of benzene rings is 3. The number of anilines is 1. The van der Waals surface area contributed by atoms with E-state index >= 15 is 0 Å². The molecule has 3 aromatic rings. The number of aliphatic hydroxyl groups is 2. The van der Waals surface area contributed by atoms with Crippen LogP contribution in [0.25, 0.3) is 10.8 Å². The van der Waals surface area contributed by atoms with Gasteiger partial charge in [-0.1, -0.05) is 74.0 Å². The summed E-state index contributed by atoms with van der Waals surface area (Å²) in [6.45, 7) is 4.08. The molecule has 2 aliphatic carbocycles. The van der Waals surface area contributed by atoms with Gasteiger partial charge in [0.2, 0.25) is 5.72 Å². The summed E-state index contributed by atoms with van der Waals surface area (Å²) >= 11 is 6.61. The fourth-order valence-corrected chi connectivity index (χ4v) is 6.16. The molecule has 31 heavy (non-hydrogen) atoms. The number of para-hydroxylation sites is 1. The van der Waals surface area contributed by atoms with Crippen LogP contribution in [0, 0.1) is 5.41 Å². The Morgan fingerprint density at radius 1 is 0.903 bits per heavy atom. The number of hydrogen-bond donors (Lipinski definition) is 2.